The van der Waals surface area contributed by atoms with Crippen LogP contribution in [0.25, 0.3) is 0 Å². The van der Waals surface area contributed by atoms with Gasteiger partial charge in [-0.3, -0.25) is 5.32 Å². The van der Waals surface area contributed by atoms with Gasteiger partial charge in [0.15, 0.2) is 0 Å². The molecular formula is C14H15NO2. The van der Waals surface area contributed by atoms with Crippen molar-refractivity contribution in [3.63, 3.8) is 0 Å². The molecule has 3 nitrogen and oxygen atoms in total. The van der Waals surface area contributed by atoms with Crippen LogP contribution in [-0.2, 0) is 4.74 Å². The Hall–Kier alpha value is -2.29. The second-order valence-electron chi connectivity index (χ2n) is 3.34. The van der Waals surface area contributed by atoms with Gasteiger partial charge < -0.3 is 4.74 Å². The molecular weight excluding hydrogens is 214 g/mol. The number of carbonyl (C=O) groups is 1. The van der Waals surface area contributed by atoms with Crippen molar-refractivity contribution >= 4 is 11.8 Å². The Morgan fingerprint density at radius 3 is 2.65 bits per heavy atom. The number of allylic oxidation sites excluding steroid dienone is 3. The molecule has 1 aromatic rings. The quantitative estimate of drug-likeness (QED) is 0.630. The van der Waals surface area contributed by atoms with Gasteiger partial charge in [-0.1, -0.05) is 37.4 Å². The molecule has 0 saturated carbocycles. The Kier molecular flexibility index (Phi) is 4.76. The van der Waals surface area contributed by atoms with E-state index < -0.39 is 6.09 Å². The average Bonchev–Trinajstić information content (AvgIpc) is 2.31. The molecule has 1 amide bonds. The summed E-state index contributed by atoms with van der Waals surface area (Å²) in [5.41, 5.74) is 1.69. The Morgan fingerprint density at radius 2 is 2.06 bits per heavy atom. The van der Waals surface area contributed by atoms with Gasteiger partial charge in [-0.2, -0.15) is 0 Å². The van der Waals surface area contributed by atoms with Gasteiger partial charge in [0.25, 0.3) is 0 Å². The third-order valence-corrected chi connectivity index (χ3v) is 2.08. The van der Waals surface area contributed by atoms with E-state index in [1.807, 2.05) is 25.1 Å². The van der Waals surface area contributed by atoms with Gasteiger partial charge in [0.05, 0.1) is 0 Å². The van der Waals surface area contributed by atoms with Gasteiger partial charge >= 0.3 is 6.09 Å². The molecule has 0 radical (unpaired) electrons. The molecule has 1 N–H and O–H groups in total. The van der Waals surface area contributed by atoms with Gasteiger partial charge in [-0.05, 0) is 30.7 Å². The summed E-state index contributed by atoms with van der Waals surface area (Å²) in [5.74, 6) is 0.353. The predicted molar refractivity (Wildman–Crippen MR) is 69.8 cm³/mol. The monoisotopic (exact) mass is 229 g/mol. The number of hydrogen-bond acceptors (Lipinski definition) is 2. The van der Waals surface area contributed by atoms with Crippen LogP contribution in [0.4, 0.5) is 10.5 Å². The second kappa shape index (κ2) is 6.33. The molecule has 0 aliphatic heterocycles. The Balaban J connectivity index is 2.67. The first kappa shape index (κ1) is 12.8. The highest BCUT2D eigenvalue weighted by molar-refractivity contribution is 5.86. The molecule has 0 unspecified atom stereocenters. The van der Waals surface area contributed by atoms with E-state index in [0.717, 1.165) is 11.3 Å². The molecule has 0 aliphatic rings. The van der Waals surface area contributed by atoms with E-state index in [2.05, 4.69) is 18.5 Å². The van der Waals surface area contributed by atoms with Crippen molar-refractivity contribution in [3.8, 4) is 0 Å². The van der Waals surface area contributed by atoms with Gasteiger partial charge in [0, 0.05) is 5.69 Å². The average molecular weight is 229 g/mol. The smallest absolute Gasteiger partial charge is 0.410 e. The maximum atomic E-state index is 11.6. The van der Waals surface area contributed by atoms with Gasteiger partial charge in [-0.15, -0.1) is 0 Å². The lowest BCUT2D eigenvalue weighted by molar-refractivity contribution is 0.195. The third-order valence-electron chi connectivity index (χ3n) is 2.08. The van der Waals surface area contributed by atoms with Crippen molar-refractivity contribution in [2.75, 3.05) is 5.32 Å². The molecule has 17 heavy (non-hydrogen) atoms. The summed E-state index contributed by atoms with van der Waals surface area (Å²) in [6, 6.07) is 7.46. The van der Waals surface area contributed by atoms with Crippen LogP contribution in [0.1, 0.15) is 5.56 Å². The molecule has 0 aliphatic carbocycles. The van der Waals surface area contributed by atoms with Crippen molar-refractivity contribution in [3.05, 3.63) is 67.0 Å². The summed E-state index contributed by atoms with van der Waals surface area (Å²) < 4.78 is 5.02. The van der Waals surface area contributed by atoms with Crippen LogP contribution in [-0.4, -0.2) is 6.09 Å². The van der Waals surface area contributed by atoms with Gasteiger partial charge in [0.1, 0.15) is 5.76 Å². The lowest BCUT2D eigenvalue weighted by Crippen LogP contribution is -2.13. The minimum absolute atomic E-state index is 0.353. The molecule has 3 heteroatoms. The van der Waals surface area contributed by atoms with E-state index in [1.54, 1.807) is 12.1 Å². The fraction of sp³-hybridized carbons (Fsp3) is 0.0714. The first-order chi connectivity index (χ1) is 8.17. The molecule has 0 aromatic heterocycles. The van der Waals surface area contributed by atoms with Crippen LogP contribution < -0.4 is 5.32 Å². The summed E-state index contributed by atoms with van der Waals surface area (Å²) in [7, 11) is 0. The van der Waals surface area contributed by atoms with Crippen LogP contribution in [0.15, 0.2) is 61.4 Å². The summed E-state index contributed by atoms with van der Waals surface area (Å²) in [4.78, 5) is 11.6. The van der Waals surface area contributed by atoms with Crippen LogP contribution in [0.3, 0.4) is 0 Å². The van der Waals surface area contributed by atoms with Crippen molar-refractivity contribution in [2.45, 2.75) is 6.92 Å². The summed E-state index contributed by atoms with van der Waals surface area (Å²) in [6.07, 6.45) is 3.98. The summed E-state index contributed by atoms with van der Waals surface area (Å²) >= 11 is 0. The number of hydrogen-bond donors (Lipinski definition) is 1. The highest BCUT2D eigenvalue weighted by atomic mass is 16.6. The largest absolute Gasteiger partial charge is 0.417 e. The molecule has 0 bridgehead atoms. The van der Waals surface area contributed by atoms with Crippen molar-refractivity contribution in [1.82, 2.24) is 0 Å². The van der Waals surface area contributed by atoms with Crippen molar-refractivity contribution < 1.29 is 9.53 Å². The molecule has 0 fully saturated rings. The molecule has 1 rings (SSSR count). The Bertz CT molecular complexity index is 461. The van der Waals surface area contributed by atoms with E-state index in [9.17, 15) is 4.79 Å². The number of rotatable bonds is 4. The topological polar surface area (TPSA) is 38.3 Å². The van der Waals surface area contributed by atoms with E-state index >= 15 is 0 Å². The Labute approximate surface area is 101 Å². The minimum Gasteiger partial charge on any atom is -0.410 e. The summed E-state index contributed by atoms with van der Waals surface area (Å²) in [5, 5.41) is 2.65. The maximum absolute atomic E-state index is 11.6. The number of para-hydroxylation sites is 1. The normalized spacial score (nSPS) is 10.5. The number of amides is 1. The lowest BCUT2D eigenvalue weighted by Gasteiger charge is -2.08. The van der Waals surface area contributed by atoms with E-state index in [1.165, 1.54) is 12.2 Å². The molecule has 1 aromatic carbocycles. The fourth-order valence-electron chi connectivity index (χ4n) is 1.22. The lowest BCUT2D eigenvalue weighted by atomic mass is 10.2. The predicted octanol–water partition coefficient (Wildman–Crippen LogP) is 3.80. The van der Waals surface area contributed by atoms with E-state index in [0.29, 0.717) is 5.76 Å². The second-order valence-corrected chi connectivity index (χ2v) is 3.34. The number of aryl methyl sites for hydroxylation is 1. The molecule has 88 valence electrons. The number of nitrogens with one attached hydrogen (secondary N) is 1. The number of benzene rings is 1. The zero-order valence-corrected chi connectivity index (χ0v) is 9.77. The number of anilines is 1. The minimum atomic E-state index is -0.549. The van der Waals surface area contributed by atoms with Gasteiger partial charge in [-0.25, -0.2) is 4.79 Å². The first-order valence-corrected chi connectivity index (χ1v) is 5.17. The Morgan fingerprint density at radius 1 is 1.35 bits per heavy atom. The number of carbonyl (C=O) groups excluding carboxylic acids is 1. The van der Waals surface area contributed by atoms with E-state index in [4.69, 9.17) is 4.74 Å². The zero-order valence-electron chi connectivity index (χ0n) is 9.77. The maximum Gasteiger partial charge on any atom is 0.417 e. The fourth-order valence-corrected chi connectivity index (χ4v) is 1.22. The third kappa shape index (κ3) is 3.99. The van der Waals surface area contributed by atoms with Crippen LogP contribution in [0.2, 0.25) is 0 Å². The molecule has 0 saturated heterocycles. The highest BCUT2D eigenvalue weighted by Gasteiger charge is 2.06. The molecule has 0 spiro atoms. The van der Waals surface area contributed by atoms with Crippen molar-refractivity contribution in [2.24, 2.45) is 0 Å². The standard InChI is InChI=1S/C14H15NO2/c1-4-8-12(5-2)17-14(16)15-13-10-7-6-9-11(13)3/h4-10H,1-2H2,3H3,(H,15,16)/b12-8+. The SMILES string of the molecule is C=C/C=C(\C=C)OC(=O)Nc1ccccc1C. The zero-order chi connectivity index (χ0) is 12.7. The number of ether oxygens (including phenoxy) is 1. The van der Waals surface area contributed by atoms with Crippen LogP contribution >= 0.6 is 0 Å². The highest BCUT2D eigenvalue weighted by Crippen LogP contribution is 2.14. The first-order valence-electron chi connectivity index (χ1n) is 5.17. The molecule has 0 atom stereocenters. The van der Waals surface area contributed by atoms with Crippen LogP contribution in [0, 0.1) is 6.92 Å². The van der Waals surface area contributed by atoms with E-state index in [-0.39, 0.29) is 0 Å². The summed E-state index contributed by atoms with van der Waals surface area (Å²) in [6.45, 7) is 8.96. The van der Waals surface area contributed by atoms with Crippen molar-refractivity contribution in [1.29, 1.82) is 0 Å². The van der Waals surface area contributed by atoms with Gasteiger partial charge in [0.2, 0.25) is 0 Å². The molecule has 0 heterocycles. The van der Waals surface area contributed by atoms with Crippen LogP contribution in [0.5, 0.6) is 0 Å².